The van der Waals surface area contributed by atoms with Gasteiger partial charge >= 0.3 is 0 Å². The van der Waals surface area contributed by atoms with E-state index in [1.54, 1.807) is 50.6 Å². The van der Waals surface area contributed by atoms with Crippen molar-refractivity contribution in [3.63, 3.8) is 0 Å². The molecule has 2 rings (SSSR count). The van der Waals surface area contributed by atoms with Crippen molar-refractivity contribution in [1.29, 1.82) is 0 Å². The van der Waals surface area contributed by atoms with Gasteiger partial charge in [-0.15, -0.1) is 0 Å². The number of hydrogen-bond acceptors (Lipinski definition) is 4. The molecule has 1 aromatic carbocycles. The van der Waals surface area contributed by atoms with Crippen molar-refractivity contribution in [3.8, 4) is 11.6 Å². The number of nitrogens with zero attached hydrogens (tertiary/aromatic N) is 1. The van der Waals surface area contributed by atoms with Crippen LogP contribution in [0.4, 0.5) is 0 Å². The third-order valence-electron chi connectivity index (χ3n) is 2.98. The zero-order chi connectivity index (χ0) is 15.9. The van der Waals surface area contributed by atoms with Crippen molar-refractivity contribution >= 4 is 17.5 Å². The molecule has 1 heterocycles. The average Bonchev–Trinajstić information content (AvgIpc) is 2.55. The van der Waals surface area contributed by atoms with E-state index in [1.165, 1.54) is 0 Å². The number of carbonyl (C=O) groups excluding carboxylic acids is 1. The second-order valence-electron chi connectivity index (χ2n) is 4.62. The first-order valence-electron chi connectivity index (χ1n) is 6.78. The number of benzene rings is 1. The van der Waals surface area contributed by atoms with Crippen LogP contribution in [0.1, 0.15) is 12.5 Å². The lowest BCUT2D eigenvalue weighted by molar-refractivity contribution is -0.127. The SMILES string of the molecule is COc1ccc(CNC(=O)C(C)Oc2ccccc2Cl)cn1. The summed E-state index contributed by atoms with van der Waals surface area (Å²) in [7, 11) is 1.55. The Kier molecular flexibility index (Phi) is 5.61. The van der Waals surface area contributed by atoms with Crippen LogP contribution in [0.3, 0.4) is 0 Å². The first kappa shape index (κ1) is 16.1. The van der Waals surface area contributed by atoms with Crippen molar-refractivity contribution in [1.82, 2.24) is 10.3 Å². The predicted octanol–water partition coefficient (Wildman–Crippen LogP) is 2.83. The molecule has 0 radical (unpaired) electrons. The highest BCUT2D eigenvalue weighted by Gasteiger charge is 2.15. The summed E-state index contributed by atoms with van der Waals surface area (Å²) in [5, 5.41) is 3.26. The monoisotopic (exact) mass is 320 g/mol. The Bertz CT molecular complexity index is 632. The van der Waals surface area contributed by atoms with Gasteiger partial charge in [-0.3, -0.25) is 4.79 Å². The fourth-order valence-electron chi connectivity index (χ4n) is 1.75. The fourth-order valence-corrected chi connectivity index (χ4v) is 1.93. The molecule has 2 aromatic rings. The van der Waals surface area contributed by atoms with E-state index in [-0.39, 0.29) is 5.91 Å². The molecule has 0 saturated carbocycles. The van der Waals surface area contributed by atoms with Crippen LogP contribution in [0.2, 0.25) is 5.02 Å². The molecule has 1 amide bonds. The van der Waals surface area contributed by atoms with Gasteiger partial charge < -0.3 is 14.8 Å². The molecule has 0 bridgehead atoms. The van der Waals surface area contributed by atoms with Crippen molar-refractivity contribution < 1.29 is 14.3 Å². The zero-order valence-corrected chi connectivity index (χ0v) is 13.1. The molecule has 0 aliphatic heterocycles. The minimum atomic E-state index is -0.647. The normalized spacial score (nSPS) is 11.6. The van der Waals surface area contributed by atoms with E-state index in [1.807, 2.05) is 6.07 Å². The summed E-state index contributed by atoms with van der Waals surface area (Å²) in [6.45, 7) is 2.04. The molecule has 116 valence electrons. The van der Waals surface area contributed by atoms with Crippen molar-refractivity contribution in [3.05, 3.63) is 53.2 Å². The summed E-state index contributed by atoms with van der Waals surface area (Å²) in [4.78, 5) is 16.1. The highest BCUT2D eigenvalue weighted by molar-refractivity contribution is 6.32. The van der Waals surface area contributed by atoms with Gasteiger partial charge in [-0.1, -0.05) is 29.8 Å². The number of halogens is 1. The summed E-state index contributed by atoms with van der Waals surface area (Å²) in [5.41, 5.74) is 0.874. The van der Waals surface area contributed by atoms with Gasteiger partial charge in [0.05, 0.1) is 12.1 Å². The molecule has 6 heteroatoms. The Morgan fingerprint density at radius 2 is 2.09 bits per heavy atom. The summed E-state index contributed by atoms with van der Waals surface area (Å²) < 4.78 is 10.5. The van der Waals surface area contributed by atoms with Crippen LogP contribution in [0, 0.1) is 0 Å². The van der Waals surface area contributed by atoms with Crippen LogP contribution >= 0.6 is 11.6 Å². The van der Waals surface area contributed by atoms with Gasteiger partial charge in [0.25, 0.3) is 5.91 Å². The average molecular weight is 321 g/mol. The van der Waals surface area contributed by atoms with E-state index in [0.717, 1.165) is 5.56 Å². The van der Waals surface area contributed by atoms with Crippen LogP contribution in [0.5, 0.6) is 11.6 Å². The molecule has 0 aliphatic carbocycles. The third kappa shape index (κ3) is 4.36. The first-order valence-corrected chi connectivity index (χ1v) is 7.15. The molecule has 0 aliphatic rings. The van der Waals surface area contributed by atoms with Crippen molar-refractivity contribution in [2.45, 2.75) is 19.6 Å². The molecule has 0 saturated heterocycles. The molecular weight excluding hydrogens is 304 g/mol. The first-order chi connectivity index (χ1) is 10.6. The number of para-hydroxylation sites is 1. The maximum atomic E-state index is 12.0. The third-order valence-corrected chi connectivity index (χ3v) is 3.30. The summed E-state index contributed by atoms with van der Waals surface area (Å²) in [5.74, 6) is 0.791. The van der Waals surface area contributed by atoms with Crippen LogP contribution in [-0.4, -0.2) is 24.1 Å². The number of pyridine rings is 1. The second kappa shape index (κ2) is 7.66. The molecule has 0 spiro atoms. The lowest BCUT2D eigenvalue weighted by Gasteiger charge is -2.15. The molecule has 5 nitrogen and oxygen atoms in total. The summed E-state index contributed by atoms with van der Waals surface area (Å²) in [6.07, 6.45) is 1.00. The van der Waals surface area contributed by atoms with Gasteiger partial charge in [0, 0.05) is 18.8 Å². The zero-order valence-electron chi connectivity index (χ0n) is 12.4. The largest absolute Gasteiger partial charge is 0.481 e. The summed E-state index contributed by atoms with van der Waals surface area (Å²) in [6, 6.07) is 10.6. The van der Waals surface area contributed by atoms with Crippen LogP contribution in [0.25, 0.3) is 0 Å². The molecule has 1 N–H and O–H groups in total. The molecule has 1 aromatic heterocycles. The Balaban J connectivity index is 1.87. The predicted molar refractivity (Wildman–Crippen MR) is 84.2 cm³/mol. The number of carbonyl (C=O) groups is 1. The van der Waals surface area contributed by atoms with Gasteiger partial charge in [0.1, 0.15) is 5.75 Å². The number of nitrogens with one attached hydrogen (secondary N) is 1. The molecular formula is C16H17ClN2O3. The fraction of sp³-hybridized carbons (Fsp3) is 0.250. The number of rotatable bonds is 6. The van der Waals surface area contributed by atoms with Gasteiger partial charge in [-0.05, 0) is 24.6 Å². The van der Waals surface area contributed by atoms with Crippen LogP contribution in [-0.2, 0) is 11.3 Å². The standard InChI is InChI=1S/C16H17ClN2O3/c1-11(22-14-6-4-3-5-13(14)17)16(20)19-10-12-7-8-15(21-2)18-9-12/h3-9,11H,10H2,1-2H3,(H,19,20). The second-order valence-corrected chi connectivity index (χ2v) is 5.02. The minimum absolute atomic E-state index is 0.226. The van der Waals surface area contributed by atoms with E-state index in [0.29, 0.717) is 23.2 Å². The van der Waals surface area contributed by atoms with Crippen LogP contribution in [0.15, 0.2) is 42.6 Å². The van der Waals surface area contributed by atoms with Gasteiger partial charge in [-0.2, -0.15) is 0 Å². The van der Waals surface area contributed by atoms with E-state index in [2.05, 4.69) is 10.3 Å². The Morgan fingerprint density at radius 3 is 2.73 bits per heavy atom. The Hall–Kier alpha value is -2.27. The molecule has 22 heavy (non-hydrogen) atoms. The minimum Gasteiger partial charge on any atom is -0.481 e. The Morgan fingerprint density at radius 1 is 1.32 bits per heavy atom. The number of amides is 1. The number of aromatic nitrogens is 1. The van der Waals surface area contributed by atoms with E-state index in [4.69, 9.17) is 21.1 Å². The van der Waals surface area contributed by atoms with Gasteiger partial charge in [0.15, 0.2) is 6.10 Å². The number of methoxy groups -OCH3 is 1. The smallest absolute Gasteiger partial charge is 0.261 e. The molecule has 0 fully saturated rings. The van der Waals surface area contributed by atoms with Crippen molar-refractivity contribution in [2.75, 3.05) is 7.11 Å². The van der Waals surface area contributed by atoms with Crippen molar-refractivity contribution in [2.24, 2.45) is 0 Å². The molecule has 1 unspecified atom stereocenters. The van der Waals surface area contributed by atoms with Crippen LogP contribution < -0.4 is 14.8 Å². The topological polar surface area (TPSA) is 60.5 Å². The maximum absolute atomic E-state index is 12.0. The highest BCUT2D eigenvalue weighted by Crippen LogP contribution is 2.24. The number of hydrogen-bond donors (Lipinski definition) is 1. The van der Waals surface area contributed by atoms with E-state index < -0.39 is 6.10 Å². The highest BCUT2D eigenvalue weighted by atomic mass is 35.5. The Labute approximate surface area is 134 Å². The van der Waals surface area contributed by atoms with Gasteiger partial charge in [0.2, 0.25) is 5.88 Å². The van der Waals surface area contributed by atoms with E-state index >= 15 is 0 Å². The lowest BCUT2D eigenvalue weighted by atomic mass is 10.2. The maximum Gasteiger partial charge on any atom is 0.261 e. The quantitative estimate of drug-likeness (QED) is 0.889. The number of ether oxygens (including phenoxy) is 2. The molecule has 1 atom stereocenters. The van der Waals surface area contributed by atoms with Gasteiger partial charge in [-0.25, -0.2) is 4.98 Å². The lowest BCUT2D eigenvalue weighted by Crippen LogP contribution is -2.35. The van der Waals surface area contributed by atoms with E-state index in [9.17, 15) is 4.79 Å². The summed E-state index contributed by atoms with van der Waals surface area (Å²) >= 11 is 6.00.